The standard InChI is InChI=1S/C22H28NO6/c1-3-28-18(25)11-15-9-10-16(12-24)19(14-7-5-4-6-8-14)20(15)21-23-17(13-29-21)22(26)27-2/h4-8,12,15-17,19-21H,3,9-11,13H2,1-2H3/q-1/t15-,16-,17+,19-,20?,21?/m0/s1. The molecule has 158 valence electrons. The van der Waals surface area contributed by atoms with Crippen LogP contribution in [0.1, 0.15) is 37.7 Å². The molecule has 2 unspecified atom stereocenters. The minimum atomic E-state index is -0.679. The van der Waals surface area contributed by atoms with E-state index in [0.29, 0.717) is 19.4 Å². The fraction of sp³-hybridized carbons (Fsp3) is 0.591. The van der Waals surface area contributed by atoms with Crippen LogP contribution in [0.5, 0.6) is 0 Å². The van der Waals surface area contributed by atoms with Gasteiger partial charge in [-0.2, -0.15) is 0 Å². The molecular weight excluding hydrogens is 374 g/mol. The van der Waals surface area contributed by atoms with Gasteiger partial charge in [-0.1, -0.05) is 30.3 Å². The number of carbonyl (C=O) groups excluding carboxylic acids is 3. The van der Waals surface area contributed by atoms with Gasteiger partial charge in [-0.25, -0.2) is 0 Å². The molecule has 1 aliphatic heterocycles. The second-order valence-corrected chi connectivity index (χ2v) is 7.57. The molecule has 0 spiro atoms. The summed E-state index contributed by atoms with van der Waals surface area (Å²) in [6, 6.07) is 9.11. The van der Waals surface area contributed by atoms with Crippen LogP contribution in [0.3, 0.4) is 0 Å². The minimum Gasteiger partial charge on any atom is -0.622 e. The Kier molecular flexibility index (Phi) is 7.39. The molecule has 29 heavy (non-hydrogen) atoms. The highest BCUT2D eigenvalue weighted by molar-refractivity contribution is 5.79. The smallest absolute Gasteiger partial charge is 0.306 e. The Morgan fingerprint density at radius 1 is 1.24 bits per heavy atom. The molecule has 0 bridgehead atoms. The molecule has 1 heterocycles. The molecule has 1 saturated heterocycles. The number of hydrogen-bond donors (Lipinski definition) is 0. The van der Waals surface area contributed by atoms with Gasteiger partial charge >= 0.3 is 5.97 Å². The topological polar surface area (TPSA) is 93.0 Å². The lowest BCUT2D eigenvalue weighted by Crippen LogP contribution is -2.41. The van der Waals surface area contributed by atoms with Crippen molar-refractivity contribution in [3.8, 4) is 0 Å². The van der Waals surface area contributed by atoms with Gasteiger partial charge in [0.05, 0.1) is 13.7 Å². The normalized spacial score (nSPS) is 31.8. The molecule has 6 atom stereocenters. The molecule has 0 radical (unpaired) electrons. The molecule has 2 fully saturated rings. The van der Waals surface area contributed by atoms with E-state index in [1.165, 1.54) is 7.11 Å². The fourth-order valence-electron chi connectivity index (χ4n) is 4.67. The molecule has 0 N–H and O–H groups in total. The molecule has 7 nitrogen and oxygen atoms in total. The minimum absolute atomic E-state index is 0.0550. The summed E-state index contributed by atoms with van der Waals surface area (Å²) in [5.74, 6) is -1.31. The Morgan fingerprint density at radius 3 is 2.66 bits per heavy atom. The summed E-state index contributed by atoms with van der Waals surface area (Å²) >= 11 is 0. The molecule has 7 heteroatoms. The van der Waals surface area contributed by atoms with Crippen LogP contribution in [0, 0.1) is 17.8 Å². The van der Waals surface area contributed by atoms with E-state index >= 15 is 0 Å². The molecule has 1 saturated carbocycles. The van der Waals surface area contributed by atoms with Crippen LogP contribution in [-0.4, -0.2) is 50.8 Å². The Labute approximate surface area is 171 Å². The van der Waals surface area contributed by atoms with Gasteiger partial charge in [-0.05, 0) is 55.4 Å². The number of rotatable bonds is 7. The lowest BCUT2D eigenvalue weighted by Gasteiger charge is -2.48. The van der Waals surface area contributed by atoms with Gasteiger partial charge in [0.2, 0.25) is 0 Å². The van der Waals surface area contributed by atoms with Crippen LogP contribution in [0.4, 0.5) is 0 Å². The summed E-state index contributed by atoms with van der Waals surface area (Å²) in [6.07, 6.45) is 2.06. The average Bonchev–Trinajstić information content (AvgIpc) is 3.23. The van der Waals surface area contributed by atoms with E-state index in [0.717, 1.165) is 11.8 Å². The van der Waals surface area contributed by atoms with E-state index in [1.807, 2.05) is 30.3 Å². The highest BCUT2D eigenvalue weighted by Crippen LogP contribution is 2.50. The average molecular weight is 402 g/mol. The van der Waals surface area contributed by atoms with Gasteiger partial charge < -0.3 is 24.3 Å². The highest BCUT2D eigenvalue weighted by Gasteiger charge is 2.44. The highest BCUT2D eigenvalue weighted by atomic mass is 16.5. The van der Waals surface area contributed by atoms with Crippen LogP contribution in [-0.2, 0) is 28.6 Å². The molecule has 0 aromatic heterocycles. The first kappa shape index (κ1) is 21.5. The Bertz CT molecular complexity index is 709. The van der Waals surface area contributed by atoms with Crippen molar-refractivity contribution < 1.29 is 28.6 Å². The van der Waals surface area contributed by atoms with Gasteiger partial charge in [0.1, 0.15) is 6.29 Å². The van der Waals surface area contributed by atoms with Gasteiger partial charge in [0.25, 0.3) is 5.97 Å². The van der Waals surface area contributed by atoms with Gasteiger partial charge in [-0.15, -0.1) is 0 Å². The number of carbonyl (C=O) groups is 3. The number of nitrogens with zero attached hydrogens (tertiary/aromatic N) is 1. The van der Waals surface area contributed by atoms with Crippen molar-refractivity contribution in [2.24, 2.45) is 17.8 Å². The van der Waals surface area contributed by atoms with E-state index < -0.39 is 18.2 Å². The number of aldehydes is 1. The Hall–Kier alpha value is -2.25. The third-order valence-electron chi connectivity index (χ3n) is 5.94. The molecule has 3 rings (SSSR count). The van der Waals surface area contributed by atoms with Crippen molar-refractivity contribution >= 4 is 18.2 Å². The summed E-state index contributed by atoms with van der Waals surface area (Å²) in [5, 5.41) is 4.57. The van der Waals surface area contributed by atoms with Crippen molar-refractivity contribution in [3.05, 3.63) is 41.2 Å². The second kappa shape index (κ2) is 9.98. The maximum absolute atomic E-state index is 12.2. The summed E-state index contributed by atoms with van der Waals surface area (Å²) < 4.78 is 15.9. The number of hydrogen-bond acceptors (Lipinski definition) is 6. The fourth-order valence-corrected chi connectivity index (χ4v) is 4.67. The zero-order valence-electron chi connectivity index (χ0n) is 16.9. The monoisotopic (exact) mass is 402 g/mol. The van der Waals surface area contributed by atoms with Gasteiger partial charge in [-0.3, -0.25) is 9.59 Å². The lowest BCUT2D eigenvalue weighted by molar-refractivity contribution is -0.146. The predicted octanol–water partition coefficient (Wildman–Crippen LogP) is 2.84. The number of benzene rings is 1. The quantitative estimate of drug-likeness (QED) is 0.514. The van der Waals surface area contributed by atoms with E-state index in [-0.39, 0.29) is 42.7 Å². The van der Waals surface area contributed by atoms with Crippen LogP contribution in [0.2, 0.25) is 0 Å². The van der Waals surface area contributed by atoms with E-state index in [9.17, 15) is 14.4 Å². The number of esters is 2. The second-order valence-electron chi connectivity index (χ2n) is 7.57. The predicted molar refractivity (Wildman–Crippen MR) is 105 cm³/mol. The van der Waals surface area contributed by atoms with E-state index in [2.05, 4.69) is 5.32 Å². The molecular formula is C22H28NO6-. The molecule has 0 amide bonds. The first-order valence-electron chi connectivity index (χ1n) is 10.1. The molecule has 1 aliphatic carbocycles. The van der Waals surface area contributed by atoms with Crippen LogP contribution in [0.15, 0.2) is 30.3 Å². The van der Waals surface area contributed by atoms with Crippen molar-refractivity contribution in [1.29, 1.82) is 0 Å². The third-order valence-corrected chi connectivity index (χ3v) is 5.94. The SMILES string of the molecule is CCOC(=O)C[C@@H]1CC[C@@H](C=O)[C@H](c2ccccc2)C1C1[N-][C@@H](C(=O)OC)CO1. The number of ether oxygens (including phenoxy) is 3. The maximum Gasteiger partial charge on any atom is 0.306 e. The van der Waals surface area contributed by atoms with E-state index in [4.69, 9.17) is 14.2 Å². The largest absolute Gasteiger partial charge is 0.622 e. The van der Waals surface area contributed by atoms with Gasteiger partial charge in [0, 0.05) is 18.9 Å². The Balaban J connectivity index is 1.92. The zero-order chi connectivity index (χ0) is 20.8. The third kappa shape index (κ3) is 4.85. The number of methoxy groups -OCH3 is 1. The first-order valence-corrected chi connectivity index (χ1v) is 10.1. The molecule has 1 aromatic rings. The van der Waals surface area contributed by atoms with Crippen molar-refractivity contribution in [1.82, 2.24) is 0 Å². The summed E-state index contributed by atoms with van der Waals surface area (Å²) in [7, 11) is 1.32. The van der Waals surface area contributed by atoms with Crippen molar-refractivity contribution in [2.45, 2.75) is 44.4 Å². The van der Waals surface area contributed by atoms with Crippen molar-refractivity contribution in [3.63, 3.8) is 0 Å². The summed E-state index contributed by atoms with van der Waals surface area (Å²) in [6.45, 7) is 2.25. The van der Waals surface area contributed by atoms with Crippen LogP contribution >= 0.6 is 0 Å². The van der Waals surface area contributed by atoms with Gasteiger partial charge in [0.15, 0.2) is 0 Å². The summed E-state index contributed by atoms with van der Waals surface area (Å²) in [4.78, 5) is 36.1. The van der Waals surface area contributed by atoms with Crippen LogP contribution < -0.4 is 0 Å². The molecule has 2 aliphatic rings. The maximum atomic E-state index is 12.2. The lowest BCUT2D eigenvalue weighted by atomic mass is 9.63. The Morgan fingerprint density at radius 2 is 2.00 bits per heavy atom. The summed E-state index contributed by atoms with van der Waals surface area (Å²) in [5.41, 5.74) is 1.02. The van der Waals surface area contributed by atoms with Crippen LogP contribution in [0.25, 0.3) is 5.32 Å². The van der Waals surface area contributed by atoms with E-state index in [1.54, 1.807) is 6.92 Å². The zero-order valence-corrected chi connectivity index (χ0v) is 16.9. The first-order chi connectivity index (χ1) is 14.1. The molecule has 1 aromatic carbocycles. The van der Waals surface area contributed by atoms with Crippen molar-refractivity contribution in [2.75, 3.05) is 20.3 Å².